The molecule has 0 unspecified atom stereocenters. The molecular weight excluding hydrogens is 232 g/mol. The van der Waals surface area contributed by atoms with Gasteiger partial charge in [0.25, 0.3) is 11.8 Å². The van der Waals surface area contributed by atoms with Gasteiger partial charge in [-0.1, -0.05) is 6.92 Å². The summed E-state index contributed by atoms with van der Waals surface area (Å²) in [7, 11) is 0. The van der Waals surface area contributed by atoms with E-state index in [4.69, 9.17) is 5.73 Å². The van der Waals surface area contributed by atoms with Gasteiger partial charge < -0.3 is 11.1 Å². The second-order valence-electron chi connectivity index (χ2n) is 3.60. The van der Waals surface area contributed by atoms with Crippen LogP contribution in [0, 0.1) is 0 Å². The Morgan fingerprint density at radius 2 is 2.29 bits per heavy atom. The normalized spacial score (nSPS) is 11.5. The molecule has 0 aliphatic heterocycles. The molecule has 1 heterocycles. The number of carbonyl (C=O) groups excluding carboxylic acids is 1. The molecule has 0 saturated heterocycles. The summed E-state index contributed by atoms with van der Waals surface area (Å²) in [5, 5.41) is 8.23. The van der Waals surface area contributed by atoms with E-state index >= 15 is 0 Å². The molecule has 0 spiro atoms. The number of aromatic amines is 1. The van der Waals surface area contributed by atoms with Crippen LogP contribution in [0.25, 0.3) is 0 Å². The van der Waals surface area contributed by atoms with Crippen LogP contribution in [0.1, 0.15) is 29.8 Å². The smallest absolute Gasteiger partial charge is 0.291 e. The predicted molar refractivity (Wildman–Crippen MR) is 56.7 cm³/mol. The van der Waals surface area contributed by atoms with Crippen LogP contribution >= 0.6 is 0 Å². The van der Waals surface area contributed by atoms with Gasteiger partial charge in [-0.25, -0.2) is 13.8 Å². The first-order valence-electron chi connectivity index (χ1n) is 5.26. The Labute approximate surface area is 97.0 Å². The van der Waals surface area contributed by atoms with Crippen LogP contribution in [0.4, 0.5) is 8.78 Å². The third kappa shape index (κ3) is 4.06. The molecule has 1 rings (SSSR count). The van der Waals surface area contributed by atoms with Crippen molar-refractivity contribution in [3.63, 3.8) is 0 Å². The van der Waals surface area contributed by atoms with Gasteiger partial charge >= 0.3 is 0 Å². The van der Waals surface area contributed by atoms with Gasteiger partial charge in [0.1, 0.15) is 5.82 Å². The Bertz CT molecular complexity index is 379. The van der Waals surface area contributed by atoms with Crippen molar-refractivity contribution in [2.75, 3.05) is 13.1 Å². The molecule has 6 nitrogen and oxygen atoms in total. The number of rotatable bonds is 6. The lowest BCUT2D eigenvalue weighted by atomic mass is 10.3. The summed E-state index contributed by atoms with van der Waals surface area (Å²) >= 11 is 0. The Balaban J connectivity index is 2.52. The van der Waals surface area contributed by atoms with Crippen molar-refractivity contribution in [3.05, 3.63) is 11.6 Å². The zero-order valence-corrected chi connectivity index (χ0v) is 9.46. The van der Waals surface area contributed by atoms with Gasteiger partial charge in [0.2, 0.25) is 5.82 Å². The Morgan fingerprint density at radius 3 is 2.88 bits per heavy atom. The number of alkyl halides is 2. The molecule has 0 aromatic carbocycles. The van der Waals surface area contributed by atoms with Gasteiger partial charge in [0, 0.05) is 6.42 Å². The Kier molecular flexibility index (Phi) is 4.50. The monoisotopic (exact) mass is 247 g/mol. The van der Waals surface area contributed by atoms with E-state index in [2.05, 4.69) is 15.2 Å². The molecule has 1 amide bonds. The number of carbonyl (C=O) groups is 1. The minimum absolute atomic E-state index is 0.138. The van der Waals surface area contributed by atoms with E-state index in [-0.39, 0.29) is 5.82 Å². The van der Waals surface area contributed by atoms with Crippen molar-refractivity contribution in [1.82, 2.24) is 20.5 Å². The van der Waals surface area contributed by atoms with Crippen molar-refractivity contribution in [3.8, 4) is 0 Å². The van der Waals surface area contributed by atoms with Gasteiger partial charge in [-0.2, -0.15) is 0 Å². The summed E-state index contributed by atoms with van der Waals surface area (Å²) in [6.07, 6.45) is 1.50. The highest BCUT2D eigenvalue weighted by molar-refractivity contribution is 5.90. The van der Waals surface area contributed by atoms with Crippen molar-refractivity contribution < 1.29 is 13.6 Å². The van der Waals surface area contributed by atoms with E-state index in [0.29, 0.717) is 12.2 Å². The van der Waals surface area contributed by atoms with Crippen molar-refractivity contribution >= 4 is 5.91 Å². The molecule has 0 atom stereocenters. The summed E-state index contributed by atoms with van der Waals surface area (Å²) in [5.74, 6) is -3.43. The summed E-state index contributed by atoms with van der Waals surface area (Å²) in [5.41, 5.74) is 4.84. The van der Waals surface area contributed by atoms with E-state index in [9.17, 15) is 13.6 Å². The number of aryl methyl sites for hydroxylation is 1. The largest absolute Gasteiger partial charge is 0.343 e. The number of hydrogen-bond acceptors (Lipinski definition) is 4. The lowest BCUT2D eigenvalue weighted by Crippen LogP contribution is -2.41. The molecule has 1 aromatic heterocycles. The summed E-state index contributed by atoms with van der Waals surface area (Å²) in [4.78, 5) is 15.3. The van der Waals surface area contributed by atoms with E-state index in [1.165, 1.54) is 0 Å². The van der Waals surface area contributed by atoms with Crippen LogP contribution in [0.5, 0.6) is 0 Å². The summed E-state index contributed by atoms with van der Waals surface area (Å²) in [6.45, 7) is 0.312. The van der Waals surface area contributed by atoms with Crippen LogP contribution in [0.3, 0.4) is 0 Å². The molecule has 17 heavy (non-hydrogen) atoms. The SMILES string of the molecule is CCCc1nc(C(=O)NCC(F)(F)CN)n[nH]1. The maximum Gasteiger partial charge on any atom is 0.291 e. The fourth-order valence-corrected chi connectivity index (χ4v) is 1.11. The molecule has 0 saturated carbocycles. The van der Waals surface area contributed by atoms with E-state index in [1.807, 2.05) is 12.2 Å². The highest BCUT2D eigenvalue weighted by Gasteiger charge is 2.28. The van der Waals surface area contributed by atoms with Gasteiger partial charge in [-0.05, 0) is 6.42 Å². The zero-order chi connectivity index (χ0) is 12.9. The maximum atomic E-state index is 12.8. The quantitative estimate of drug-likeness (QED) is 0.663. The van der Waals surface area contributed by atoms with Crippen molar-refractivity contribution in [2.45, 2.75) is 25.7 Å². The number of nitrogens with zero attached hydrogens (tertiary/aromatic N) is 2. The molecule has 0 aliphatic carbocycles. The number of H-pyrrole nitrogens is 1. The van der Waals surface area contributed by atoms with Crippen LogP contribution in [-0.2, 0) is 6.42 Å². The lowest BCUT2D eigenvalue weighted by molar-refractivity contribution is 0.0117. The minimum atomic E-state index is -3.11. The summed E-state index contributed by atoms with van der Waals surface area (Å²) < 4.78 is 25.5. The molecule has 4 N–H and O–H groups in total. The molecule has 0 radical (unpaired) electrons. The number of hydrogen-bond donors (Lipinski definition) is 3. The van der Waals surface area contributed by atoms with Gasteiger partial charge in [0.05, 0.1) is 13.1 Å². The Morgan fingerprint density at radius 1 is 1.59 bits per heavy atom. The highest BCUT2D eigenvalue weighted by Crippen LogP contribution is 2.08. The number of amides is 1. The van der Waals surface area contributed by atoms with Crippen LogP contribution in [0.15, 0.2) is 0 Å². The van der Waals surface area contributed by atoms with E-state index in [1.54, 1.807) is 0 Å². The standard InChI is InChI=1S/C9H15F2N5O/c1-2-3-6-14-7(16-15-6)8(17)13-5-9(10,11)4-12/h2-5,12H2,1H3,(H,13,17)(H,14,15,16). The topological polar surface area (TPSA) is 96.7 Å². The number of nitrogens with one attached hydrogen (secondary N) is 2. The zero-order valence-electron chi connectivity index (χ0n) is 9.46. The third-order valence-corrected chi connectivity index (χ3v) is 2.03. The number of halogens is 2. The van der Waals surface area contributed by atoms with E-state index in [0.717, 1.165) is 6.42 Å². The molecule has 1 aromatic rings. The molecule has 0 bridgehead atoms. The number of nitrogens with two attached hydrogens (primary N) is 1. The van der Waals surface area contributed by atoms with Crippen molar-refractivity contribution in [2.24, 2.45) is 5.73 Å². The van der Waals surface area contributed by atoms with Gasteiger partial charge in [-0.15, -0.1) is 5.10 Å². The van der Waals surface area contributed by atoms with Crippen LogP contribution < -0.4 is 11.1 Å². The predicted octanol–water partition coefficient (Wildman–Crippen LogP) is 0.0810. The first kappa shape index (κ1) is 13.5. The molecular formula is C9H15F2N5O. The van der Waals surface area contributed by atoms with E-state index < -0.39 is 24.9 Å². The average Bonchev–Trinajstić information content (AvgIpc) is 2.75. The maximum absolute atomic E-state index is 12.8. The molecule has 8 heteroatoms. The second kappa shape index (κ2) is 5.67. The van der Waals surface area contributed by atoms with Gasteiger partial charge in [0.15, 0.2) is 0 Å². The lowest BCUT2D eigenvalue weighted by Gasteiger charge is -2.13. The average molecular weight is 247 g/mol. The number of aromatic nitrogens is 3. The summed E-state index contributed by atoms with van der Waals surface area (Å²) in [6, 6.07) is 0. The second-order valence-corrected chi connectivity index (χ2v) is 3.60. The van der Waals surface area contributed by atoms with Crippen LogP contribution in [0.2, 0.25) is 0 Å². The first-order valence-corrected chi connectivity index (χ1v) is 5.26. The highest BCUT2D eigenvalue weighted by atomic mass is 19.3. The molecule has 0 aliphatic rings. The third-order valence-electron chi connectivity index (χ3n) is 2.03. The fourth-order valence-electron chi connectivity index (χ4n) is 1.11. The fraction of sp³-hybridized carbons (Fsp3) is 0.667. The first-order chi connectivity index (χ1) is 7.98. The van der Waals surface area contributed by atoms with Gasteiger partial charge in [-0.3, -0.25) is 9.89 Å². The van der Waals surface area contributed by atoms with Crippen molar-refractivity contribution in [1.29, 1.82) is 0 Å². The minimum Gasteiger partial charge on any atom is -0.343 e. The Hall–Kier alpha value is -1.57. The van der Waals surface area contributed by atoms with Crippen LogP contribution in [-0.4, -0.2) is 40.1 Å². The molecule has 0 fully saturated rings. The molecule has 96 valence electrons.